The van der Waals surface area contributed by atoms with Crippen molar-refractivity contribution in [2.24, 2.45) is 5.73 Å². The van der Waals surface area contributed by atoms with Crippen LogP contribution < -0.4 is 11.1 Å². The van der Waals surface area contributed by atoms with E-state index < -0.39 is 6.04 Å². The summed E-state index contributed by atoms with van der Waals surface area (Å²) in [4.78, 5) is 15.7. The number of nitrogens with two attached hydrogens (primary N) is 1. The van der Waals surface area contributed by atoms with Gasteiger partial charge in [0, 0.05) is 24.3 Å². The molecule has 18 heavy (non-hydrogen) atoms. The van der Waals surface area contributed by atoms with Crippen molar-refractivity contribution < 1.29 is 4.79 Å². The SMILES string of the molecule is CC(C)c1nc(CCNC(=O)[C@@H](C)N)cs1.Cl.Cl. The van der Waals surface area contributed by atoms with E-state index in [1.54, 1.807) is 18.3 Å². The van der Waals surface area contributed by atoms with Gasteiger partial charge in [-0.3, -0.25) is 4.79 Å². The van der Waals surface area contributed by atoms with E-state index in [9.17, 15) is 4.79 Å². The Morgan fingerprint density at radius 3 is 2.50 bits per heavy atom. The Balaban J connectivity index is 0. The van der Waals surface area contributed by atoms with Crippen LogP contribution >= 0.6 is 36.2 Å². The molecule has 0 saturated carbocycles. The van der Waals surface area contributed by atoms with Crippen molar-refractivity contribution in [2.75, 3.05) is 6.54 Å². The number of hydrogen-bond donors (Lipinski definition) is 2. The molecule has 0 spiro atoms. The van der Waals surface area contributed by atoms with E-state index in [1.807, 2.05) is 5.38 Å². The molecule has 0 aliphatic rings. The average Bonchev–Trinajstić information content (AvgIpc) is 2.66. The fraction of sp³-hybridized carbons (Fsp3) is 0.636. The third-order valence-corrected chi connectivity index (χ3v) is 3.35. The molecule has 0 aromatic carbocycles. The lowest BCUT2D eigenvalue weighted by Gasteiger charge is -2.06. The van der Waals surface area contributed by atoms with E-state index in [1.165, 1.54) is 0 Å². The molecule has 0 aliphatic carbocycles. The maximum atomic E-state index is 11.2. The highest BCUT2D eigenvalue weighted by molar-refractivity contribution is 7.09. The summed E-state index contributed by atoms with van der Waals surface area (Å²) < 4.78 is 0. The molecule has 0 bridgehead atoms. The summed E-state index contributed by atoms with van der Waals surface area (Å²) >= 11 is 1.67. The largest absolute Gasteiger partial charge is 0.354 e. The van der Waals surface area contributed by atoms with E-state index in [0.717, 1.165) is 17.1 Å². The topological polar surface area (TPSA) is 68.0 Å². The highest BCUT2D eigenvalue weighted by Crippen LogP contribution is 2.19. The molecule has 0 saturated heterocycles. The summed E-state index contributed by atoms with van der Waals surface area (Å²) in [5.74, 6) is 0.358. The highest BCUT2D eigenvalue weighted by atomic mass is 35.5. The van der Waals surface area contributed by atoms with Gasteiger partial charge >= 0.3 is 0 Å². The number of rotatable bonds is 5. The van der Waals surface area contributed by atoms with Gasteiger partial charge in [-0.25, -0.2) is 4.98 Å². The van der Waals surface area contributed by atoms with Crippen LogP contribution in [0.3, 0.4) is 0 Å². The van der Waals surface area contributed by atoms with Crippen LogP contribution in [0.2, 0.25) is 0 Å². The number of carbonyl (C=O) groups is 1. The second-order valence-electron chi connectivity index (χ2n) is 4.16. The first-order chi connectivity index (χ1) is 7.50. The number of hydrogen-bond acceptors (Lipinski definition) is 4. The van der Waals surface area contributed by atoms with Crippen LogP contribution in [-0.2, 0) is 11.2 Å². The maximum absolute atomic E-state index is 11.2. The lowest BCUT2D eigenvalue weighted by Crippen LogP contribution is -2.39. The van der Waals surface area contributed by atoms with Crippen molar-refractivity contribution in [3.8, 4) is 0 Å². The van der Waals surface area contributed by atoms with Gasteiger partial charge in [-0.1, -0.05) is 13.8 Å². The van der Waals surface area contributed by atoms with Gasteiger partial charge in [-0.2, -0.15) is 0 Å². The van der Waals surface area contributed by atoms with Crippen LogP contribution in [0.5, 0.6) is 0 Å². The molecular formula is C11H21Cl2N3OS. The van der Waals surface area contributed by atoms with Gasteiger partial charge in [-0.15, -0.1) is 36.2 Å². The van der Waals surface area contributed by atoms with Gasteiger partial charge in [0.25, 0.3) is 0 Å². The third-order valence-electron chi connectivity index (χ3n) is 2.16. The molecule has 1 atom stereocenters. The van der Waals surface area contributed by atoms with Crippen molar-refractivity contribution in [3.63, 3.8) is 0 Å². The van der Waals surface area contributed by atoms with Crippen LogP contribution in [-0.4, -0.2) is 23.5 Å². The molecular weight excluding hydrogens is 293 g/mol. The molecule has 1 heterocycles. The molecule has 1 amide bonds. The third kappa shape index (κ3) is 6.54. The minimum Gasteiger partial charge on any atom is -0.354 e. The van der Waals surface area contributed by atoms with Gasteiger partial charge < -0.3 is 11.1 Å². The predicted octanol–water partition coefficient (Wildman–Crippen LogP) is 2.12. The fourth-order valence-electron chi connectivity index (χ4n) is 1.18. The molecule has 106 valence electrons. The van der Waals surface area contributed by atoms with Crippen molar-refractivity contribution >= 4 is 42.1 Å². The number of nitrogens with zero attached hydrogens (tertiary/aromatic N) is 1. The molecule has 0 aliphatic heterocycles. The number of nitrogens with one attached hydrogen (secondary N) is 1. The molecule has 0 radical (unpaired) electrons. The second-order valence-corrected chi connectivity index (χ2v) is 5.05. The Hall–Kier alpha value is -0.360. The summed E-state index contributed by atoms with van der Waals surface area (Å²) in [5, 5.41) is 5.97. The summed E-state index contributed by atoms with van der Waals surface area (Å²) in [6.45, 7) is 6.53. The summed E-state index contributed by atoms with van der Waals surface area (Å²) in [6.07, 6.45) is 0.766. The Kier molecular flexibility index (Phi) is 10.6. The summed E-state index contributed by atoms with van der Waals surface area (Å²) in [5.41, 5.74) is 6.47. The highest BCUT2D eigenvalue weighted by Gasteiger charge is 2.08. The summed E-state index contributed by atoms with van der Waals surface area (Å²) in [7, 11) is 0. The zero-order valence-corrected chi connectivity index (χ0v) is 13.3. The van der Waals surface area contributed by atoms with Crippen molar-refractivity contribution in [1.29, 1.82) is 0 Å². The number of thiazole rings is 1. The Morgan fingerprint density at radius 1 is 1.44 bits per heavy atom. The molecule has 0 fully saturated rings. The maximum Gasteiger partial charge on any atom is 0.236 e. The number of carbonyl (C=O) groups excluding carboxylic acids is 1. The van der Waals surface area contributed by atoms with E-state index in [0.29, 0.717) is 12.5 Å². The lowest BCUT2D eigenvalue weighted by molar-refractivity contribution is -0.121. The average molecular weight is 314 g/mol. The normalized spacial score (nSPS) is 11.4. The predicted molar refractivity (Wildman–Crippen MR) is 81.1 cm³/mol. The minimum absolute atomic E-state index is 0. The molecule has 0 unspecified atom stereocenters. The standard InChI is InChI=1S/C11H19N3OS.2ClH/c1-7(2)11-14-9(6-16-11)4-5-13-10(15)8(3)12;;/h6-8H,4-5,12H2,1-3H3,(H,13,15);2*1H/t8-;;/m1../s1. The second kappa shape index (κ2) is 9.55. The smallest absolute Gasteiger partial charge is 0.236 e. The number of amides is 1. The van der Waals surface area contributed by atoms with Crippen molar-refractivity contribution in [2.45, 2.75) is 39.2 Å². The minimum atomic E-state index is -0.443. The van der Waals surface area contributed by atoms with Crippen LogP contribution in [0.25, 0.3) is 0 Å². The first-order valence-electron chi connectivity index (χ1n) is 5.48. The van der Waals surface area contributed by atoms with Crippen molar-refractivity contribution in [1.82, 2.24) is 10.3 Å². The molecule has 1 aromatic rings. The zero-order valence-electron chi connectivity index (χ0n) is 10.8. The fourth-order valence-corrected chi connectivity index (χ4v) is 2.05. The van der Waals surface area contributed by atoms with Gasteiger partial charge in [-0.05, 0) is 6.92 Å². The molecule has 4 nitrogen and oxygen atoms in total. The number of halogens is 2. The van der Waals surface area contributed by atoms with Crippen LogP contribution in [0, 0.1) is 0 Å². The zero-order chi connectivity index (χ0) is 12.1. The Labute approximate surface area is 125 Å². The first kappa shape index (κ1) is 20.0. The molecule has 3 N–H and O–H groups in total. The van der Waals surface area contributed by atoms with Gasteiger partial charge in [0.1, 0.15) is 0 Å². The monoisotopic (exact) mass is 313 g/mol. The van der Waals surface area contributed by atoms with Crippen molar-refractivity contribution in [3.05, 3.63) is 16.1 Å². The first-order valence-corrected chi connectivity index (χ1v) is 6.36. The Bertz CT molecular complexity index is 356. The van der Waals surface area contributed by atoms with Gasteiger partial charge in [0.2, 0.25) is 5.91 Å². The van der Waals surface area contributed by atoms with Crippen LogP contribution in [0.4, 0.5) is 0 Å². The summed E-state index contributed by atoms with van der Waals surface area (Å²) in [6, 6.07) is -0.443. The lowest BCUT2D eigenvalue weighted by atomic mass is 10.2. The number of aromatic nitrogens is 1. The van der Waals surface area contributed by atoms with Crippen LogP contribution in [0.15, 0.2) is 5.38 Å². The van der Waals surface area contributed by atoms with Gasteiger partial charge in [0.05, 0.1) is 16.7 Å². The van der Waals surface area contributed by atoms with Gasteiger partial charge in [0.15, 0.2) is 0 Å². The van der Waals surface area contributed by atoms with E-state index in [4.69, 9.17) is 5.73 Å². The molecule has 1 rings (SSSR count). The molecule has 7 heteroatoms. The van der Waals surface area contributed by atoms with E-state index in [2.05, 4.69) is 24.1 Å². The Morgan fingerprint density at radius 2 is 2.06 bits per heavy atom. The quantitative estimate of drug-likeness (QED) is 0.875. The van der Waals surface area contributed by atoms with E-state index >= 15 is 0 Å². The van der Waals surface area contributed by atoms with E-state index in [-0.39, 0.29) is 30.7 Å². The molecule has 1 aromatic heterocycles. The van der Waals surface area contributed by atoms with Crippen LogP contribution in [0.1, 0.15) is 37.4 Å².